The fourth-order valence-corrected chi connectivity index (χ4v) is 4.83. The lowest BCUT2D eigenvalue weighted by Crippen LogP contribution is -2.28. The van der Waals surface area contributed by atoms with Crippen LogP contribution in [0.15, 0.2) is 76.6 Å². The minimum absolute atomic E-state index is 0.183. The van der Waals surface area contributed by atoms with Crippen molar-refractivity contribution in [2.24, 2.45) is 5.41 Å². The molecule has 1 amide bonds. The zero-order chi connectivity index (χ0) is 33.0. The first kappa shape index (κ1) is 31.7. The third-order valence-electron chi connectivity index (χ3n) is 7.33. The summed E-state index contributed by atoms with van der Waals surface area (Å²) in [6.45, 7) is 7.66. The van der Waals surface area contributed by atoms with E-state index in [0.717, 1.165) is 11.3 Å². The van der Waals surface area contributed by atoms with Crippen LogP contribution in [0.3, 0.4) is 0 Å². The molecular weight excluding hydrogens is 584 g/mol. The number of anilines is 1. The first-order valence-electron chi connectivity index (χ1n) is 14.6. The van der Waals surface area contributed by atoms with Gasteiger partial charge in [-0.3, -0.25) is 23.7 Å². The average molecular weight is 619 g/mol. The van der Waals surface area contributed by atoms with Crippen molar-refractivity contribution >= 4 is 39.4 Å². The molecule has 0 saturated heterocycles. The van der Waals surface area contributed by atoms with Crippen molar-refractivity contribution in [3.05, 3.63) is 110 Å². The molecule has 0 unspecified atom stereocenters. The van der Waals surface area contributed by atoms with Crippen LogP contribution in [-0.2, 0) is 29.4 Å². The van der Waals surface area contributed by atoms with Crippen LogP contribution < -0.4 is 21.3 Å². The van der Waals surface area contributed by atoms with Crippen molar-refractivity contribution in [3.63, 3.8) is 0 Å². The number of hydrogen-bond acceptors (Lipinski definition) is 8. The number of rotatable bonds is 9. The number of carbonyl (C=O) groups excluding carboxylic acids is 2. The van der Waals surface area contributed by atoms with Crippen LogP contribution in [-0.4, -0.2) is 37.9 Å². The minimum Gasteiger partial charge on any atom is -0.443 e. The summed E-state index contributed by atoms with van der Waals surface area (Å²) in [6.07, 6.45) is 7.00. The third-order valence-corrected chi connectivity index (χ3v) is 7.33. The van der Waals surface area contributed by atoms with E-state index in [4.69, 9.17) is 11.2 Å². The van der Waals surface area contributed by atoms with E-state index >= 15 is 0 Å². The summed E-state index contributed by atoms with van der Waals surface area (Å²) in [5.41, 5.74) is 2.75. The molecule has 0 radical (unpaired) electrons. The highest BCUT2D eigenvalue weighted by atomic mass is 16.5. The normalized spacial score (nSPS) is 11.3. The van der Waals surface area contributed by atoms with E-state index in [1.165, 1.54) is 10.9 Å². The summed E-state index contributed by atoms with van der Waals surface area (Å²) in [5.74, 6) is 2.51. The number of esters is 1. The van der Waals surface area contributed by atoms with Crippen molar-refractivity contribution in [1.82, 2.24) is 24.8 Å². The predicted molar refractivity (Wildman–Crippen MR) is 176 cm³/mol. The van der Waals surface area contributed by atoms with Crippen molar-refractivity contribution in [2.75, 3.05) is 11.4 Å². The summed E-state index contributed by atoms with van der Waals surface area (Å²) in [6, 6.07) is 17.8. The van der Waals surface area contributed by atoms with E-state index in [1.807, 2.05) is 35.2 Å². The number of carbonyl (C=O) groups is 2. The van der Waals surface area contributed by atoms with Crippen LogP contribution in [0.5, 0.6) is 0 Å². The summed E-state index contributed by atoms with van der Waals surface area (Å²) in [7, 11) is 0. The van der Waals surface area contributed by atoms with Gasteiger partial charge in [0, 0.05) is 24.3 Å². The predicted octanol–water partition coefficient (Wildman–Crippen LogP) is 4.06. The molecule has 5 aromatic rings. The standard InChI is InChI=1S/C35H34N6O5/c1-6-15-40(19-24-8-14-30-27(17-24)32(43)39-22(2)38-30)26-11-9-25(10-12-26)31(42)36-18-23-7-13-29-28(16-23)33(44)41(20-37-29)21-46-34(45)35(3,4)5/h1,7-14,16-17,20H,15,18-19,21H2,2-5H3,(H,36,42)(H,38,39,43). The van der Waals surface area contributed by atoms with E-state index < -0.39 is 11.4 Å². The van der Waals surface area contributed by atoms with Gasteiger partial charge in [-0.25, -0.2) is 9.97 Å². The number of H-pyrrole nitrogens is 1. The van der Waals surface area contributed by atoms with E-state index in [2.05, 4.69) is 26.2 Å². The fraction of sp³-hybridized carbons (Fsp3) is 0.257. The van der Waals surface area contributed by atoms with Gasteiger partial charge in [0.05, 0.1) is 33.8 Å². The molecule has 0 fully saturated rings. The fourth-order valence-electron chi connectivity index (χ4n) is 4.83. The Balaban J connectivity index is 1.25. The maximum Gasteiger partial charge on any atom is 0.312 e. The maximum atomic E-state index is 13.0. The van der Waals surface area contributed by atoms with Crippen molar-refractivity contribution < 1.29 is 14.3 Å². The first-order valence-corrected chi connectivity index (χ1v) is 14.6. The number of nitrogens with zero attached hydrogens (tertiary/aromatic N) is 4. The summed E-state index contributed by atoms with van der Waals surface area (Å²) in [5, 5.41) is 3.74. The lowest BCUT2D eigenvalue weighted by atomic mass is 9.98. The lowest BCUT2D eigenvalue weighted by Gasteiger charge is -2.23. The van der Waals surface area contributed by atoms with Gasteiger partial charge in [0.2, 0.25) is 0 Å². The van der Waals surface area contributed by atoms with E-state index in [-0.39, 0.29) is 30.3 Å². The van der Waals surface area contributed by atoms with Gasteiger partial charge in [0.1, 0.15) is 12.2 Å². The van der Waals surface area contributed by atoms with Gasteiger partial charge in [0.15, 0.2) is 6.73 Å². The zero-order valence-corrected chi connectivity index (χ0v) is 26.1. The second kappa shape index (κ2) is 13.1. The molecule has 0 aliphatic heterocycles. The number of aryl methyl sites for hydroxylation is 1. The van der Waals surface area contributed by atoms with E-state index in [1.54, 1.807) is 58.0 Å². The number of fused-ring (bicyclic) bond motifs is 2. The molecule has 0 saturated carbocycles. The van der Waals surface area contributed by atoms with Crippen LogP contribution in [0.1, 0.15) is 48.1 Å². The summed E-state index contributed by atoms with van der Waals surface area (Å²) < 4.78 is 6.50. The number of amides is 1. The quantitative estimate of drug-likeness (QED) is 0.186. The van der Waals surface area contributed by atoms with Gasteiger partial charge in [-0.15, -0.1) is 6.42 Å². The molecule has 0 spiro atoms. The van der Waals surface area contributed by atoms with Crippen LogP contribution in [0.25, 0.3) is 21.8 Å². The Labute approximate surface area is 265 Å². The first-order chi connectivity index (χ1) is 21.9. The zero-order valence-electron chi connectivity index (χ0n) is 26.1. The van der Waals surface area contributed by atoms with Gasteiger partial charge in [-0.05, 0) is 87.4 Å². The number of aromatic nitrogens is 4. The molecule has 11 heteroatoms. The van der Waals surface area contributed by atoms with Crippen molar-refractivity contribution in [2.45, 2.75) is 47.5 Å². The van der Waals surface area contributed by atoms with Gasteiger partial charge in [-0.2, -0.15) is 0 Å². The minimum atomic E-state index is -0.696. The Morgan fingerprint density at radius 1 is 1.00 bits per heavy atom. The van der Waals surface area contributed by atoms with Gasteiger partial charge in [-0.1, -0.05) is 18.1 Å². The molecule has 5 rings (SSSR count). The molecule has 0 aliphatic rings. The Hall–Kier alpha value is -5.76. The maximum absolute atomic E-state index is 13.0. The molecular formula is C35H34N6O5. The van der Waals surface area contributed by atoms with Gasteiger partial charge >= 0.3 is 5.97 Å². The number of hydrogen-bond donors (Lipinski definition) is 2. The molecule has 11 nitrogen and oxygen atoms in total. The van der Waals surface area contributed by atoms with Gasteiger partial charge in [0.25, 0.3) is 17.0 Å². The summed E-state index contributed by atoms with van der Waals surface area (Å²) in [4.78, 5) is 64.0. The summed E-state index contributed by atoms with van der Waals surface area (Å²) >= 11 is 0. The molecule has 234 valence electrons. The highest BCUT2D eigenvalue weighted by Crippen LogP contribution is 2.20. The Morgan fingerprint density at radius 2 is 1.70 bits per heavy atom. The van der Waals surface area contributed by atoms with E-state index in [0.29, 0.717) is 51.8 Å². The highest BCUT2D eigenvalue weighted by Gasteiger charge is 2.23. The van der Waals surface area contributed by atoms with Crippen LogP contribution >= 0.6 is 0 Å². The molecule has 2 heterocycles. The lowest BCUT2D eigenvalue weighted by molar-refractivity contribution is -0.157. The molecule has 0 aliphatic carbocycles. The Kier molecular flexibility index (Phi) is 9.00. The molecule has 0 bridgehead atoms. The third kappa shape index (κ3) is 7.13. The topological polar surface area (TPSA) is 139 Å². The number of ether oxygens (including phenoxy) is 1. The smallest absolute Gasteiger partial charge is 0.312 e. The van der Waals surface area contributed by atoms with Crippen LogP contribution in [0, 0.1) is 24.7 Å². The highest BCUT2D eigenvalue weighted by molar-refractivity contribution is 5.94. The monoisotopic (exact) mass is 618 g/mol. The molecule has 2 aromatic heterocycles. The second-order valence-corrected chi connectivity index (χ2v) is 12.0. The second-order valence-electron chi connectivity index (χ2n) is 12.0. The number of benzene rings is 3. The Bertz CT molecular complexity index is 2100. The molecule has 0 atom stereocenters. The van der Waals surface area contributed by atoms with Crippen LogP contribution in [0.4, 0.5) is 5.69 Å². The van der Waals surface area contributed by atoms with Gasteiger partial charge < -0.3 is 19.9 Å². The largest absolute Gasteiger partial charge is 0.443 e. The van der Waals surface area contributed by atoms with Crippen molar-refractivity contribution in [3.8, 4) is 12.3 Å². The number of terminal acetylenes is 1. The van der Waals surface area contributed by atoms with Crippen LogP contribution in [0.2, 0.25) is 0 Å². The average Bonchev–Trinajstić information content (AvgIpc) is 3.03. The Morgan fingerprint density at radius 3 is 2.41 bits per heavy atom. The molecule has 2 N–H and O–H groups in total. The molecule has 46 heavy (non-hydrogen) atoms. The SMILES string of the molecule is C#CCN(Cc1ccc2nc(C)[nH]c(=O)c2c1)c1ccc(C(=O)NCc2ccc3ncn(COC(=O)C(C)(C)C)c(=O)c3c2)cc1. The van der Waals surface area contributed by atoms with Crippen molar-refractivity contribution in [1.29, 1.82) is 0 Å². The number of aromatic amines is 1. The molecule has 3 aromatic carbocycles. The number of nitrogens with one attached hydrogen (secondary N) is 2. The van der Waals surface area contributed by atoms with E-state index in [9.17, 15) is 19.2 Å².